The number of hydrogen-bond donors (Lipinski definition) is 1. The average Bonchev–Trinajstić information content (AvgIpc) is 2.77. The van der Waals surface area contributed by atoms with Gasteiger partial charge in [-0.3, -0.25) is 4.79 Å². The number of halogens is 1. The molecule has 1 saturated heterocycles. The van der Waals surface area contributed by atoms with Gasteiger partial charge in [0.1, 0.15) is 17.3 Å². The van der Waals surface area contributed by atoms with Gasteiger partial charge in [0, 0.05) is 30.0 Å². The van der Waals surface area contributed by atoms with E-state index in [1.54, 1.807) is 36.4 Å². The van der Waals surface area contributed by atoms with Crippen LogP contribution in [0.25, 0.3) is 0 Å². The lowest BCUT2D eigenvalue weighted by atomic mass is 10.2. The van der Waals surface area contributed by atoms with Gasteiger partial charge in [-0.15, -0.1) is 0 Å². The molecule has 0 aromatic heterocycles. The zero-order valence-electron chi connectivity index (χ0n) is 15.8. The number of carbonyl (C=O) groups excluding carboxylic acids is 1. The lowest BCUT2D eigenvalue weighted by Gasteiger charge is -2.28. The smallest absolute Gasteiger partial charge is 0.255 e. The Morgan fingerprint density at radius 3 is 2.07 bits per heavy atom. The van der Waals surface area contributed by atoms with Crippen LogP contribution in [-0.4, -0.2) is 32.2 Å². The van der Waals surface area contributed by atoms with Gasteiger partial charge in [-0.2, -0.15) is 0 Å². The largest absolute Gasteiger partial charge is 0.457 e. The Hall–Kier alpha value is -3.38. The fourth-order valence-corrected chi connectivity index (χ4v) is 3.09. The van der Waals surface area contributed by atoms with E-state index in [1.165, 1.54) is 12.1 Å². The molecule has 29 heavy (non-hydrogen) atoms. The standard InChI is InChI=1S/C23H21FN2O3/c24-18-3-11-22(12-4-18)29-21-9-1-17(2-10-21)23(27)25-19-5-7-20(8-6-19)26-13-15-28-16-14-26/h1-12H,13-16H2,(H,25,27). The Bertz CT molecular complexity index is 951. The summed E-state index contributed by atoms with van der Waals surface area (Å²) in [6.45, 7) is 3.22. The molecular weight excluding hydrogens is 371 g/mol. The van der Waals surface area contributed by atoms with Gasteiger partial charge in [0.2, 0.25) is 0 Å². The summed E-state index contributed by atoms with van der Waals surface area (Å²) in [5.74, 6) is 0.590. The second-order valence-corrected chi connectivity index (χ2v) is 6.68. The molecular formula is C23H21FN2O3. The van der Waals surface area contributed by atoms with Crippen molar-refractivity contribution in [3.63, 3.8) is 0 Å². The third kappa shape index (κ3) is 4.92. The minimum absolute atomic E-state index is 0.197. The summed E-state index contributed by atoms with van der Waals surface area (Å²) in [6, 6.07) is 20.4. The van der Waals surface area contributed by atoms with Crippen LogP contribution in [0.5, 0.6) is 11.5 Å². The third-order valence-corrected chi connectivity index (χ3v) is 4.67. The second kappa shape index (κ2) is 8.75. The first-order chi connectivity index (χ1) is 14.2. The molecule has 1 heterocycles. The zero-order chi connectivity index (χ0) is 20.1. The quantitative estimate of drug-likeness (QED) is 0.683. The van der Waals surface area contributed by atoms with Crippen molar-refractivity contribution in [2.45, 2.75) is 0 Å². The van der Waals surface area contributed by atoms with Gasteiger partial charge in [0.25, 0.3) is 5.91 Å². The Balaban J connectivity index is 1.36. The highest BCUT2D eigenvalue weighted by Crippen LogP contribution is 2.23. The Labute approximate surface area is 168 Å². The number of carbonyl (C=O) groups is 1. The van der Waals surface area contributed by atoms with Gasteiger partial charge < -0.3 is 19.7 Å². The molecule has 0 spiro atoms. The van der Waals surface area contributed by atoms with Crippen LogP contribution in [0.4, 0.5) is 15.8 Å². The fourth-order valence-electron chi connectivity index (χ4n) is 3.09. The first-order valence-corrected chi connectivity index (χ1v) is 9.45. The molecule has 5 nitrogen and oxygen atoms in total. The Kier molecular flexibility index (Phi) is 5.72. The summed E-state index contributed by atoms with van der Waals surface area (Å²) in [5, 5.41) is 2.90. The molecule has 0 aliphatic carbocycles. The van der Waals surface area contributed by atoms with Gasteiger partial charge in [0.05, 0.1) is 13.2 Å². The molecule has 3 aromatic carbocycles. The number of rotatable bonds is 5. The van der Waals surface area contributed by atoms with Gasteiger partial charge in [-0.1, -0.05) is 0 Å². The van der Waals surface area contributed by atoms with E-state index >= 15 is 0 Å². The van der Waals surface area contributed by atoms with Crippen molar-refractivity contribution in [3.05, 3.63) is 84.2 Å². The number of benzene rings is 3. The average molecular weight is 392 g/mol. The van der Waals surface area contributed by atoms with Gasteiger partial charge in [0.15, 0.2) is 0 Å². The summed E-state index contributed by atoms with van der Waals surface area (Å²) in [5.41, 5.74) is 2.38. The normalized spacial score (nSPS) is 13.8. The topological polar surface area (TPSA) is 50.8 Å². The van der Waals surface area contributed by atoms with E-state index in [4.69, 9.17) is 9.47 Å². The molecule has 4 rings (SSSR count). The minimum atomic E-state index is -0.317. The van der Waals surface area contributed by atoms with Crippen LogP contribution >= 0.6 is 0 Å². The van der Waals surface area contributed by atoms with E-state index in [-0.39, 0.29) is 11.7 Å². The summed E-state index contributed by atoms with van der Waals surface area (Å²) in [6.07, 6.45) is 0. The van der Waals surface area contributed by atoms with E-state index in [2.05, 4.69) is 10.2 Å². The summed E-state index contributed by atoms with van der Waals surface area (Å²) < 4.78 is 24.0. The number of nitrogens with zero attached hydrogens (tertiary/aromatic N) is 1. The van der Waals surface area contributed by atoms with Crippen LogP contribution < -0.4 is 15.0 Å². The third-order valence-electron chi connectivity index (χ3n) is 4.67. The van der Waals surface area contributed by atoms with Gasteiger partial charge in [-0.25, -0.2) is 4.39 Å². The molecule has 1 fully saturated rings. The van der Waals surface area contributed by atoms with Crippen LogP contribution in [-0.2, 0) is 4.74 Å². The van der Waals surface area contributed by atoms with E-state index in [0.717, 1.165) is 37.7 Å². The highest BCUT2D eigenvalue weighted by atomic mass is 19.1. The molecule has 0 unspecified atom stereocenters. The maximum Gasteiger partial charge on any atom is 0.255 e. The molecule has 1 aliphatic rings. The number of nitrogens with one attached hydrogen (secondary N) is 1. The summed E-state index contributed by atoms with van der Waals surface area (Å²) >= 11 is 0. The molecule has 1 aliphatic heterocycles. The fraction of sp³-hybridized carbons (Fsp3) is 0.174. The molecule has 0 radical (unpaired) electrons. The molecule has 148 valence electrons. The first-order valence-electron chi connectivity index (χ1n) is 9.45. The highest BCUT2D eigenvalue weighted by molar-refractivity contribution is 6.04. The highest BCUT2D eigenvalue weighted by Gasteiger charge is 2.12. The van der Waals surface area contributed by atoms with Crippen molar-refractivity contribution in [2.24, 2.45) is 0 Å². The number of amides is 1. The molecule has 6 heteroatoms. The van der Waals surface area contributed by atoms with E-state index in [9.17, 15) is 9.18 Å². The Morgan fingerprint density at radius 1 is 0.862 bits per heavy atom. The molecule has 3 aromatic rings. The van der Waals surface area contributed by atoms with Crippen LogP contribution in [0.3, 0.4) is 0 Å². The van der Waals surface area contributed by atoms with Crippen molar-refractivity contribution < 1.29 is 18.7 Å². The first kappa shape index (κ1) is 19.0. The summed E-state index contributed by atoms with van der Waals surface area (Å²) in [7, 11) is 0. The van der Waals surface area contributed by atoms with Crippen molar-refractivity contribution in [2.75, 3.05) is 36.5 Å². The van der Waals surface area contributed by atoms with Crippen molar-refractivity contribution in [1.82, 2.24) is 0 Å². The van der Waals surface area contributed by atoms with Crippen LogP contribution in [0, 0.1) is 5.82 Å². The lowest BCUT2D eigenvalue weighted by Crippen LogP contribution is -2.36. The zero-order valence-corrected chi connectivity index (χ0v) is 15.8. The monoisotopic (exact) mass is 392 g/mol. The molecule has 0 bridgehead atoms. The minimum Gasteiger partial charge on any atom is -0.457 e. The van der Waals surface area contributed by atoms with Crippen LogP contribution in [0.1, 0.15) is 10.4 Å². The SMILES string of the molecule is O=C(Nc1ccc(N2CCOCC2)cc1)c1ccc(Oc2ccc(F)cc2)cc1. The molecule has 1 N–H and O–H groups in total. The van der Waals surface area contributed by atoms with E-state index < -0.39 is 0 Å². The summed E-state index contributed by atoms with van der Waals surface area (Å²) in [4.78, 5) is 14.7. The number of morpholine rings is 1. The van der Waals surface area contributed by atoms with Crippen molar-refractivity contribution in [3.8, 4) is 11.5 Å². The molecule has 1 amide bonds. The Morgan fingerprint density at radius 2 is 1.45 bits per heavy atom. The van der Waals surface area contributed by atoms with E-state index in [1.807, 2.05) is 24.3 Å². The van der Waals surface area contributed by atoms with Crippen LogP contribution in [0.2, 0.25) is 0 Å². The van der Waals surface area contributed by atoms with Gasteiger partial charge >= 0.3 is 0 Å². The molecule has 0 saturated carbocycles. The predicted molar refractivity (Wildman–Crippen MR) is 110 cm³/mol. The molecule has 0 atom stereocenters. The number of anilines is 2. The predicted octanol–water partition coefficient (Wildman–Crippen LogP) is 4.71. The lowest BCUT2D eigenvalue weighted by molar-refractivity contribution is 0.102. The van der Waals surface area contributed by atoms with Gasteiger partial charge in [-0.05, 0) is 72.8 Å². The maximum absolute atomic E-state index is 13.0. The van der Waals surface area contributed by atoms with Crippen molar-refractivity contribution in [1.29, 1.82) is 0 Å². The number of ether oxygens (including phenoxy) is 2. The van der Waals surface area contributed by atoms with E-state index in [0.29, 0.717) is 17.1 Å². The maximum atomic E-state index is 13.0. The second-order valence-electron chi connectivity index (χ2n) is 6.68. The van der Waals surface area contributed by atoms with Crippen molar-refractivity contribution >= 4 is 17.3 Å². The van der Waals surface area contributed by atoms with Crippen LogP contribution in [0.15, 0.2) is 72.8 Å². The number of hydrogen-bond acceptors (Lipinski definition) is 4.